The number of carbonyl (C=O) groups excluding carboxylic acids is 5. The van der Waals surface area contributed by atoms with E-state index in [2.05, 4.69) is 6.92 Å². The maximum absolute atomic E-state index is 13.9. The molecule has 11 nitrogen and oxygen atoms in total. The van der Waals surface area contributed by atoms with E-state index in [1.54, 1.807) is 0 Å². The maximum atomic E-state index is 13.9. The zero-order chi connectivity index (χ0) is 38.7. The minimum absolute atomic E-state index is 0.0277. The van der Waals surface area contributed by atoms with Crippen molar-refractivity contribution in [1.29, 1.82) is 5.26 Å². The molecule has 15 heteroatoms. The topological polar surface area (TPSA) is 143 Å². The van der Waals surface area contributed by atoms with E-state index < -0.39 is 29.7 Å². The van der Waals surface area contributed by atoms with Gasteiger partial charge in [-0.3, -0.25) is 19.2 Å². The summed E-state index contributed by atoms with van der Waals surface area (Å²) in [5.74, 6) is -2.01. The fraction of sp³-hybridized carbons (Fsp3) is 0.579. The number of nitrogens with zero attached hydrogens (tertiary/aromatic N) is 3. The number of hydrazine groups is 1. The highest BCUT2D eigenvalue weighted by molar-refractivity contribution is 8.26. The van der Waals surface area contributed by atoms with Gasteiger partial charge in [-0.05, 0) is 38.0 Å². The zero-order valence-electron chi connectivity index (χ0n) is 31.4. The average Bonchev–Trinajstić information content (AvgIpc) is 3.83. The van der Waals surface area contributed by atoms with Crippen LogP contribution in [0.4, 0.5) is 0 Å². The Morgan fingerprint density at radius 2 is 1.17 bits per heavy atom. The fourth-order valence-corrected chi connectivity index (χ4v) is 11.1. The van der Waals surface area contributed by atoms with Gasteiger partial charge in [0.2, 0.25) is 0 Å². The predicted octanol–water partition coefficient (Wildman–Crippen LogP) is 9.39. The Balaban J connectivity index is 1.84. The Kier molecular flexibility index (Phi) is 16.6. The van der Waals surface area contributed by atoms with Crippen LogP contribution in [0.1, 0.15) is 119 Å². The first kappa shape index (κ1) is 42.7. The Hall–Kier alpha value is -3.06. The van der Waals surface area contributed by atoms with Crippen molar-refractivity contribution in [2.45, 2.75) is 138 Å². The number of benzene rings is 1. The quantitative estimate of drug-likeness (QED) is 0.0431. The predicted molar refractivity (Wildman–Crippen MR) is 208 cm³/mol. The van der Waals surface area contributed by atoms with E-state index in [4.69, 9.17) is 14.2 Å². The van der Waals surface area contributed by atoms with Crippen molar-refractivity contribution in [3.05, 3.63) is 19.6 Å². The van der Waals surface area contributed by atoms with Gasteiger partial charge in [0.1, 0.15) is 11.6 Å². The summed E-state index contributed by atoms with van der Waals surface area (Å²) in [5.41, 5.74) is -0.164. The van der Waals surface area contributed by atoms with Crippen LogP contribution in [0, 0.1) is 17.2 Å². The van der Waals surface area contributed by atoms with Gasteiger partial charge < -0.3 is 14.2 Å². The molecular weight excluding hydrogens is 755 g/mol. The molecule has 1 atom stereocenters. The second kappa shape index (κ2) is 20.6. The van der Waals surface area contributed by atoms with Crippen molar-refractivity contribution in [3.8, 4) is 17.6 Å². The van der Waals surface area contributed by atoms with Crippen molar-refractivity contribution in [2.75, 3.05) is 19.7 Å². The van der Waals surface area contributed by atoms with Crippen LogP contribution in [0.25, 0.3) is 0 Å². The van der Waals surface area contributed by atoms with Gasteiger partial charge in [-0.25, -0.2) is 14.8 Å². The van der Waals surface area contributed by atoms with Gasteiger partial charge in [0, 0.05) is 25.9 Å². The fourth-order valence-electron chi connectivity index (χ4n) is 5.67. The summed E-state index contributed by atoms with van der Waals surface area (Å²) in [6.07, 6.45) is 8.27. The molecule has 3 aliphatic rings. The van der Waals surface area contributed by atoms with Crippen LogP contribution >= 0.6 is 47.0 Å². The molecule has 0 N–H and O–H groups in total. The van der Waals surface area contributed by atoms with E-state index in [1.165, 1.54) is 10.0 Å². The molecule has 288 valence electrons. The Morgan fingerprint density at radius 1 is 0.698 bits per heavy atom. The number of nitriles is 1. The van der Waals surface area contributed by atoms with Crippen LogP contribution in [-0.2, 0) is 28.7 Å². The first-order valence-electron chi connectivity index (χ1n) is 18.6. The van der Waals surface area contributed by atoms with Gasteiger partial charge in [0.15, 0.2) is 17.1 Å². The summed E-state index contributed by atoms with van der Waals surface area (Å²) in [7, 11) is 0. The van der Waals surface area contributed by atoms with Crippen molar-refractivity contribution >= 4 is 76.8 Å². The molecule has 0 aromatic heterocycles. The lowest BCUT2D eigenvalue weighted by Gasteiger charge is -2.27. The average molecular weight is 804 g/mol. The highest BCUT2D eigenvalue weighted by Crippen LogP contribution is 2.68. The van der Waals surface area contributed by atoms with E-state index in [1.807, 2.05) is 40.7 Å². The van der Waals surface area contributed by atoms with Gasteiger partial charge in [0.25, 0.3) is 11.8 Å². The van der Waals surface area contributed by atoms with Crippen LogP contribution in [0.5, 0.6) is 11.5 Å². The lowest BCUT2D eigenvalue weighted by Crippen LogP contribution is -2.42. The van der Waals surface area contributed by atoms with Gasteiger partial charge in [0.05, 0.1) is 34.7 Å². The number of hydrogen-bond donors (Lipinski definition) is 0. The molecule has 0 saturated carbocycles. The van der Waals surface area contributed by atoms with Gasteiger partial charge in [-0.15, -0.1) is 0 Å². The second-order valence-corrected chi connectivity index (χ2v) is 17.4. The number of rotatable bonds is 19. The third-order valence-electron chi connectivity index (χ3n) is 8.71. The molecule has 0 spiro atoms. The number of carbonyl (C=O) groups is 5. The van der Waals surface area contributed by atoms with E-state index >= 15 is 0 Å². The maximum Gasteiger partial charge on any atom is 0.350 e. The standard InChI is InChI=1S/C38H49N3O8S4/c1-7-13-18-23(12-6)22-47-36(46)24(21-39)37-50-30-28(48-25(42)16-10-4)32-33(29(31(30)51-37)49-26(43)17-11-5)53-38(52-32)27-34(44)40(19-14-8-2)41(35(27)45)20-15-9-3/h23H,7-20,22H2,1-6H3. The highest BCUT2D eigenvalue weighted by atomic mass is 32.2. The molecule has 0 aliphatic carbocycles. The first-order chi connectivity index (χ1) is 25.6. The molecule has 53 heavy (non-hydrogen) atoms. The molecule has 1 unspecified atom stereocenters. The molecule has 1 aromatic carbocycles. The van der Waals surface area contributed by atoms with Crippen molar-refractivity contribution in [2.24, 2.45) is 5.92 Å². The number of hydrogen-bond acceptors (Lipinski definition) is 13. The Labute approximate surface area is 329 Å². The molecule has 0 radical (unpaired) electrons. The number of ether oxygens (including phenoxy) is 3. The Morgan fingerprint density at radius 3 is 1.58 bits per heavy atom. The Bertz CT molecular complexity index is 1610. The zero-order valence-corrected chi connectivity index (χ0v) is 34.7. The third-order valence-corrected chi connectivity index (χ3v) is 13.9. The second-order valence-electron chi connectivity index (χ2n) is 12.8. The van der Waals surface area contributed by atoms with Crippen LogP contribution in [0.3, 0.4) is 0 Å². The lowest BCUT2D eigenvalue weighted by atomic mass is 10.0. The van der Waals surface area contributed by atoms with Crippen molar-refractivity contribution in [1.82, 2.24) is 10.0 Å². The van der Waals surface area contributed by atoms with Crippen LogP contribution in [0.15, 0.2) is 39.2 Å². The van der Waals surface area contributed by atoms with Gasteiger partial charge in [-0.1, -0.05) is 121 Å². The molecule has 3 heterocycles. The molecule has 3 aliphatic heterocycles. The molecule has 2 amide bonds. The van der Waals surface area contributed by atoms with Crippen molar-refractivity contribution < 1.29 is 38.2 Å². The molecule has 1 aromatic rings. The molecular formula is C38H49N3O8S4. The molecule has 1 saturated heterocycles. The lowest BCUT2D eigenvalue weighted by molar-refractivity contribution is -0.147. The van der Waals surface area contributed by atoms with Crippen LogP contribution in [0.2, 0.25) is 0 Å². The summed E-state index contributed by atoms with van der Waals surface area (Å²) < 4.78 is 18.4. The van der Waals surface area contributed by atoms with Gasteiger partial charge in [-0.2, -0.15) is 5.26 Å². The number of esters is 3. The number of fused-ring (bicyclic) bond motifs is 2. The highest BCUT2D eigenvalue weighted by Gasteiger charge is 2.46. The summed E-state index contributed by atoms with van der Waals surface area (Å²) in [4.78, 5) is 69.1. The molecule has 1 fully saturated rings. The largest absolute Gasteiger partial charge is 0.461 e. The minimum Gasteiger partial charge on any atom is -0.461 e. The van der Waals surface area contributed by atoms with Gasteiger partial charge >= 0.3 is 17.9 Å². The SMILES string of the molecule is CCCCC(CC)COC(=O)C(C#N)=C1Sc2c(OC(=O)CCC)c3c(c(OC(=O)CCC)c2S1)SC(=C1C(=O)N(CCCC)N(CCCC)C1=O)S3. The summed E-state index contributed by atoms with van der Waals surface area (Å²) >= 11 is 4.40. The minimum atomic E-state index is -0.749. The van der Waals surface area contributed by atoms with E-state index in [0.29, 0.717) is 54.0 Å². The summed E-state index contributed by atoms with van der Waals surface area (Å²) in [6.45, 7) is 12.9. The monoisotopic (exact) mass is 803 g/mol. The van der Waals surface area contributed by atoms with Crippen LogP contribution < -0.4 is 9.47 Å². The molecule has 4 rings (SSSR count). The van der Waals surface area contributed by atoms with E-state index in [-0.39, 0.29) is 48.0 Å². The number of thioether (sulfide) groups is 4. The van der Waals surface area contributed by atoms with E-state index in [0.717, 1.165) is 98.4 Å². The molecule has 0 bridgehead atoms. The number of amides is 2. The van der Waals surface area contributed by atoms with Crippen LogP contribution in [-0.4, -0.2) is 59.4 Å². The first-order valence-corrected chi connectivity index (χ1v) is 21.9. The number of unbranched alkanes of at least 4 members (excludes halogenated alkanes) is 3. The third kappa shape index (κ3) is 9.98. The summed E-state index contributed by atoms with van der Waals surface area (Å²) in [6, 6.07) is 2.02. The van der Waals surface area contributed by atoms with Crippen molar-refractivity contribution in [3.63, 3.8) is 0 Å². The normalized spacial score (nSPS) is 15.5. The smallest absolute Gasteiger partial charge is 0.350 e. The van der Waals surface area contributed by atoms with E-state index in [9.17, 15) is 29.2 Å². The summed E-state index contributed by atoms with van der Waals surface area (Å²) in [5, 5.41) is 13.2.